The highest BCUT2D eigenvalue weighted by molar-refractivity contribution is 6.01. The standard InChI is InChI=1S/C21H16FNO4/c1-13(24)23-17-8-9-18(19(22)11-17)20(25)12-27-21(26)16-7-6-14-4-2-3-5-15(14)10-16/h2-11H,12H2,1H3,(H,23,24). The van der Waals surface area contributed by atoms with Crippen LogP contribution in [0.4, 0.5) is 10.1 Å². The zero-order valence-electron chi connectivity index (χ0n) is 14.5. The Labute approximate surface area is 154 Å². The zero-order chi connectivity index (χ0) is 19.4. The molecule has 0 aliphatic rings. The Kier molecular flexibility index (Phi) is 5.26. The molecule has 27 heavy (non-hydrogen) atoms. The Morgan fingerprint density at radius 1 is 0.963 bits per heavy atom. The maximum Gasteiger partial charge on any atom is 0.338 e. The number of ketones is 1. The molecule has 0 radical (unpaired) electrons. The average Bonchev–Trinajstić information content (AvgIpc) is 2.65. The molecule has 5 nitrogen and oxygen atoms in total. The quantitative estimate of drug-likeness (QED) is 0.548. The van der Waals surface area contributed by atoms with E-state index in [2.05, 4.69) is 5.32 Å². The molecule has 0 saturated heterocycles. The second kappa shape index (κ2) is 7.78. The van der Waals surface area contributed by atoms with Gasteiger partial charge in [0.05, 0.1) is 11.1 Å². The van der Waals surface area contributed by atoms with Crippen LogP contribution in [0.2, 0.25) is 0 Å². The van der Waals surface area contributed by atoms with E-state index in [9.17, 15) is 18.8 Å². The minimum atomic E-state index is -0.798. The van der Waals surface area contributed by atoms with Crippen LogP contribution in [0.5, 0.6) is 0 Å². The lowest BCUT2D eigenvalue weighted by Crippen LogP contribution is -2.16. The van der Waals surface area contributed by atoms with Gasteiger partial charge in [0.2, 0.25) is 11.7 Å². The lowest BCUT2D eigenvalue weighted by Gasteiger charge is -2.08. The van der Waals surface area contributed by atoms with Crippen molar-refractivity contribution in [1.82, 2.24) is 0 Å². The van der Waals surface area contributed by atoms with E-state index in [1.165, 1.54) is 19.1 Å². The first-order chi connectivity index (χ1) is 12.9. The number of carbonyl (C=O) groups is 3. The number of nitrogens with one attached hydrogen (secondary N) is 1. The van der Waals surface area contributed by atoms with Gasteiger partial charge in [-0.05, 0) is 41.1 Å². The SMILES string of the molecule is CC(=O)Nc1ccc(C(=O)COC(=O)c2ccc3ccccc3c2)c(F)c1. The monoisotopic (exact) mass is 365 g/mol. The van der Waals surface area contributed by atoms with Gasteiger partial charge in [-0.2, -0.15) is 0 Å². The number of benzene rings is 3. The van der Waals surface area contributed by atoms with Crippen LogP contribution >= 0.6 is 0 Å². The molecule has 0 heterocycles. The predicted molar refractivity (Wildman–Crippen MR) is 99.3 cm³/mol. The van der Waals surface area contributed by atoms with Gasteiger partial charge in [0.25, 0.3) is 0 Å². The van der Waals surface area contributed by atoms with Gasteiger partial charge in [0, 0.05) is 12.6 Å². The fourth-order valence-electron chi connectivity index (χ4n) is 2.63. The van der Waals surface area contributed by atoms with Gasteiger partial charge < -0.3 is 10.1 Å². The van der Waals surface area contributed by atoms with Gasteiger partial charge in [-0.25, -0.2) is 9.18 Å². The number of ether oxygens (including phenoxy) is 1. The average molecular weight is 365 g/mol. The third kappa shape index (κ3) is 4.36. The lowest BCUT2D eigenvalue weighted by atomic mass is 10.1. The van der Waals surface area contributed by atoms with Gasteiger partial charge in [-0.15, -0.1) is 0 Å². The zero-order valence-corrected chi connectivity index (χ0v) is 14.5. The molecule has 3 rings (SSSR count). The van der Waals surface area contributed by atoms with Crippen molar-refractivity contribution in [3.8, 4) is 0 Å². The van der Waals surface area contributed by atoms with Crippen molar-refractivity contribution < 1.29 is 23.5 Å². The van der Waals surface area contributed by atoms with Crippen LogP contribution in [-0.4, -0.2) is 24.3 Å². The molecule has 0 bridgehead atoms. The molecule has 0 spiro atoms. The molecule has 1 amide bonds. The molecule has 0 fully saturated rings. The third-order valence-electron chi connectivity index (χ3n) is 3.91. The summed E-state index contributed by atoms with van der Waals surface area (Å²) in [5.74, 6) is -2.48. The van der Waals surface area contributed by atoms with Gasteiger partial charge in [-0.1, -0.05) is 30.3 Å². The van der Waals surface area contributed by atoms with Gasteiger partial charge in [0.1, 0.15) is 5.82 Å². The molecule has 0 atom stereocenters. The van der Waals surface area contributed by atoms with Crippen LogP contribution in [0.3, 0.4) is 0 Å². The van der Waals surface area contributed by atoms with Crippen LogP contribution in [0.1, 0.15) is 27.6 Å². The fourth-order valence-corrected chi connectivity index (χ4v) is 2.63. The summed E-state index contributed by atoms with van der Waals surface area (Å²) in [6, 6.07) is 16.3. The first kappa shape index (κ1) is 18.3. The Bertz CT molecular complexity index is 1050. The van der Waals surface area contributed by atoms with E-state index in [-0.39, 0.29) is 17.2 Å². The lowest BCUT2D eigenvalue weighted by molar-refractivity contribution is -0.114. The summed E-state index contributed by atoms with van der Waals surface area (Å²) in [6.07, 6.45) is 0. The number of halogens is 1. The molecule has 136 valence electrons. The first-order valence-corrected chi connectivity index (χ1v) is 8.20. The summed E-state index contributed by atoms with van der Waals surface area (Å²) in [6.45, 7) is 0.714. The number of hydrogen-bond donors (Lipinski definition) is 1. The van der Waals surface area contributed by atoms with Crippen LogP contribution in [0.15, 0.2) is 60.7 Å². The highest BCUT2D eigenvalue weighted by Crippen LogP contribution is 2.18. The molecular formula is C21H16FNO4. The first-order valence-electron chi connectivity index (χ1n) is 8.20. The third-order valence-corrected chi connectivity index (χ3v) is 3.91. The summed E-state index contributed by atoms with van der Waals surface area (Å²) < 4.78 is 19.1. The Balaban J connectivity index is 1.67. The van der Waals surface area contributed by atoms with Crippen molar-refractivity contribution in [2.75, 3.05) is 11.9 Å². The highest BCUT2D eigenvalue weighted by Gasteiger charge is 2.16. The Hall–Kier alpha value is -3.54. The fraction of sp³-hybridized carbons (Fsp3) is 0.0952. The van der Waals surface area contributed by atoms with E-state index in [4.69, 9.17) is 4.74 Å². The summed E-state index contributed by atoms with van der Waals surface area (Å²) in [5.41, 5.74) is 0.336. The summed E-state index contributed by atoms with van der Waals surface area (Å²) in [7, 11) is 0. The summed E-state index contributed by atoms with van der Waals surface area (Å²) in [5, 5.41) is 4.27. The molecule has 0 aliphatic heterocycles. The number of rotatable bonds is 5. The topological polar surface area (TPSA) is 72.5 Å². The summed E-state index contributed by atoms with van der Waals surface area (Å²) >= 11 is 0. The van der Waals surface area contributed by atoms with Gasteiger partial charge >= 0.3 is 5.97 Å². The number of Topliss-reactive ketones (excluding diaryl/α,β-unsaturated/α-hetero) is 1. The molecular weight excluding hydrogens is 349 g/mol. The number of fused-ring (bicyclic) bond motifs is 1. The van der Waals surface area contributed by atoms with E-state index < -0.39 is 24.2 Å². The number of esters is 1. The van der Waals surface area contributed by atoms with Crippen molar-refractivity contribution in [1.29, 1.82) is 0 Å². The minimum absolute atomic E-state index is 0.213. The van der Waals surface area contributed by atoms with Crippen LogP contribution in [-0.2, 0) is 9.53 Å². The normalized spacial score (nSPS) is 10.4. The molecule has 0 aliphatic carbocycles. The molecule has 1 N–H and O–H groups in total. The maximum absolute atomic E-state index is 14.1. The van der Waals surface area contributed by atoms with Crippen molar-refractivity contribution in [2.45, 2.75) is 6.92 Å². The molecule has 6 heteroatoms. The molecule has 3 aromatic carbocycles. The number of hydrogen-bond acceptors (Lipinski definition) is 4. The van der Waals surface area contributed by atoms with Crippen LogP contribution in [0, 0.1) is 5.82 Å². The van der Waals surface area contributed by atoms with E-state index in [0.29, 0.717) is 5.56 Å². The number of amides is 1. The Morgan fingerprint density at radius 2 is 1.70 bits per heavy atom. The molecule has 3 aromatic rings. The second-order valence-electron chi connectivity index (χ2n) is 5.94. The largest absolute Gasteiger partial charge is 0.454 e. The van der Waals surface area contributed by atoms with Gasteiger partial charge in [-0.3, -0.25) is 9.59 Å². The molecule has 0 aromatic heterocycles. The van der Waals surface area contributed by atoms with E-state index in [1.807, 2.05) is 24.3 Å². The van der Waals surface area contributed by atoms with Gasteiger partial charge in [0.15, 0.2) is 6.61 Å². The minimum Gasteiger partial charge on any atom is -0.454 e. The number of carbonyl (C=O) groups excluding carboxylic acids is 3. The highest BCUT2D eigenvalue weighted by atomic mass is 19.1. The van der Waals surface area contributed by atoms with Crippen LogP contribution in [0.25, 0.3) is 10.8 Å². The van der Waals surface area contributed by atoms with E-state index >= 15 is 0 Å². The molecule has 0 unspecified atom stereocenters. The Morgan fingerprint density at radius 3 is 2.41 bits per heavy atom. The van der Waals surface area contributed by atoms with Crippen molar-refractivity contribution in [3.05, 3.63) is 77.6 Å². The van der Waals surface area contributed by atoms with E-state index in [0.717, 1.165) is 16.8 Å². The van der Waals surface area contributed by atoms with Crippen molar-refractivity contribution in [2.24, 2.45) is 0 Å². The maximum atomic E-state index is 14.1. The molecule has 0 saturated carbocycles. The smallest absolute Gasteiger partial charge is 0.338 e. The van der Waals surface area contributed by atoms with Crippen LogP contribution < -0.4 is 5.32 Å². The number of anilines is 1. The van der Waals surface area contributed by atoms with Crippen molar-refractivity contribution >= 4 is 34.1 Å². The summed E-state index contributed by atoms with van der Waals surface area (Å²) in [4.78, 5) is 35.3. The van der Waals surface area contributed by atoms with E-state index in [1.54, 1.807) is 18.2 Å². The van der Waals surface area contributed by atoms with Crippen molar-refractivity contribution in [3.63, 3.8) is 0 Å². The second-order valence-corrected chi connectivity index (χ2v) is 5.94. The predicted octanol–water partition coefficient (Wildman–Crippen LogP) is 3.98.